The smallest absolute Gasteiger partial charge is 0.345 e. The highest BCUT2D eigenvalue weighted by Gasteiger charge is 2.20. The van der Waals surface area contributed by atoms with Crippen LogP contribution in [0.4, 0.5) is 16.5 Å². The van der Waals surface area contributed by atoms with Crippen LogP contribution in [0.3, 0.4) is 0 Å². The summed E-state index contributed by atoms with van der Waals surface area (Å²) in [5, 5.41) is 12.7. The molecular formula is C25H32ClN9O2S2. The van der Waals surface area contributed by atoms with Gasteiger partial charge in [0.15, 0.2) is 0 Å². The zero-order valence-electron chi connectivity index (χ0n) is 21.7. The molecule has 4 aromatic rings. The Hall–Kier alpha value is -2.97. The number of piperazine rings is 1. The number of anilines is 3. The molecule has 2 aromatic heterocycles. The molecule has 5 rings (SSSR count). The van der Waals surface area contributed by atoms with Gasteiger partial charge in [0.1, 0.15) is 6.33 Å². The number of nitrogens with zero attached hydrogens (tertiary/aromatic N) is 6. The van der Waals surface area contributed by atoms with E-state index >= 15 is 0 Å². The summed E-state index contributed by atoms with van der Waals surface area (Å²) in [6, 6.07) is 11.2. The molecule has 0 saturated carbocycles. The van der Waals surface area contributed by atoms with Crippen molar-refractivity contribution < 1.29 is 8.42 Å². The summed E-state index contributed by atoms with van der Waals surface area (Å²) in [6.07, 6.45) is 3.88. The summed E-state index contributed by atoms with van der Waals surface area (Å²) >= 11 is 7.27. The maximum Gasteiger partial charge on any atom is 0.345 e. The van der Waals surface area contributed by atoms with Crippen molar-refractivity contribution in [1.29, 1.82) is 0 Å². The number of hydrogen-bond acceptors (Lipinski definition) is 10. The maximum atomic E-state index is 12.9. The largest absolute Gasteiger partial charge is 0.385 e. The van der Waals surface area contributed by atoms with Crippen LogP contribution in [0.15, 0.2) is 48.9 Å². The van der Waals surface area contributed by atoms with Crippen LogP contribution in [0.25, 0.3) is 10.9 Å². The van der Waals surface area contributed by atoms with Gasteiger partial charge in [0.25, 0.3) is 0 Å². The van der Waals surface area contributed by atoms with Gasteiger partial charge in [-0.25, -0.2) is 9.71 Å². The van der Waals surface area contributed by atoms with E-state index in [2.05, 4.69) is 46.5 Å². The second-order valence-electron chi connectivity index (χ2n) is 9.29. The van der Waals surface area contributed by atoms with Gasteiger partial charge in [0.05, 0.1) is 11.7 Å². The molecule has 1 fully saturated rings. The number of rotatable bonds is 12. The molecule has 3 N–H and O–H groups in total. The molecule has 0 atom stereocenters. The van der Waals surface area contributed by atoms with Crippen LogP contribution in [0.5, 0.6) is 0 Å². The molecule has 3 heterocycles. The molecule has 2 aromatic carbocycles. The average Bonchev–Trinajstić information content (AvgIpc) is 3.61. The summed E-state index contributed by atoms with van der Waals surface area (Å²) in [5.41, 5.74) is 3.27. The van der Waals surface area contributed by atoms with Crippen molar-refractivity contribution in [3.8, 4) is 0 Å². The SMILES string of the molecule is CCN1CCN(CCCNc2cc(Cl)ccc2CNc2cccc3c2cnn3S(=O)(=O)Nc2ncns2)CC1. The number of benzene rings is 2. The van der Waals surface area contributed by atoms with Crippen molar-refractivity contribution in [3.05, 3.63) is 59.5 Å². The molecule has 1 aliphatic rings. The molecule has 0 aliphatic carbocycles. The van der Waals surface area contributed by atoms with Crippen LogP contribution in [0.1, 0.15) is 18.9 Å². The summed E-state index contributed by atoms with van der Waals surface area (Å²) in [4.78, 5) is 8.90. The first-order valence-corrected chi connectivity index (χ1v) is 15.5. The van der Waals surface area contributed by atoms with Gasteiger partial charge in [0, 0.05) is 72.6 Å². The predicted octanol–water partition coefficient (Wildman–Crippen LogP) is 3.80. The van der Waals surface area contributed by atoms with E-state index in [0.717, 1.165) is 84.8 Å². The van der Waals surface area contributed by atoms with Crippen molar-refractivity contribution in [3.63, 3.8) is 0 Å². The normalized spacial score (nSPS) is 15.0. The van der Waals surface area contributed by atoms with Crippen molar-refractivity contribution in [2.75, 3.05) is 61.2 Å². The zero-order chi connectivity index (χ0) is 27.2. The summed E-state index contributed by atoms with van der Waals surface area (Å²) < 4.78 is 33.0. The van der Waals surface area contributed by atoms with E-state index < -0.39 is 10.2 Å². The third-order valence-corrected chi connectivity index (χ3v) is 8.95. The van der Waals surface area contributed by atoms with Gasteiger partial charge < -0.3 is 20.4 Å². The van der Waals surface area contributed by atoms with Crippen molar-refractivity contribution in [2.24, 2.45) is 0 Å². The van der Waals surface area contributed by atoms with Gasteiger partial charge in [-0.2, -0.15) is 17.9 Å². The number of hydrogen-bond donors (Lipinski definition) is 3. The third-order valence-electron chi connectivity index (χ3n) is 6.81. The van der Waals surface area contributed by atoms with Crippen LogP contribution in [-0.2, 0) is 16.8 Å². The lowest BCUT2D eigenvalue weighted by Crippen LogP contribution is -2.46. The fraction of sp³-hybridized carbons (Fsp3) is 0.400. The Kier molecular flexibility index (Phi) is 8.82. The quantitative estimate of drug-likeness (QED) is 0.212. The highest BCUT2D eigenvalue weighted by molar-refractivity contribution is 7.91. The van der Waals surface area contributed by atoms with E-state index in [0.29, 0.717) is 22.5 Å². The summed E-state index contributed by atoms with van der Waals surface area (Å²) in [7, 11) is -3.98. The van der Waals surface area contributed by atoms with Gasteiger partial charge >= 0.3 is 10.2 Å². The Bertz CT molecular complexity index is 1490. The van der Waals surface area contributed by atoms with Crippen LogP contribution in [-0.4, -0.2) is 82.6 Å². The Morgan fingerprint density at radius 2 is 1.87 bits per heavy atom. The first kappa shape index (κ1) is 27.6. The highest BCUT2D eigenvalue weighted by Crippen LogP contribution is 2.27. The molecule has 0 radical (unpaired) electrons. The minimum Gasteiger partial charge on any atom is -0.385 e. The number of halogens is 1. The molecule has 0 amide bonds. The standard InChI is InChI=1S/C25H32ClN9O2S2/c1-2-33-11-13-34(14-12-33)10-4-9-27-23-15-20(26)8-7-19(23)16-28-22-5-3-6-24-21(22)17-30-35(24)39(36,37)32-25-29-18-31-38-25/h3,5-8,15,17-18,27-28H,2,4,9-14,16H2,1H3,(H,29,31,32). The van der Waals surface area contributed by atoms with Gasteiger partial charge in [0.2, 0.25) is 5.13 Å². The predicted molar refractivity (Wildman–Crippen MR) is 158 cm³/mol. The fourth-order valence-corrected chi connectivity index (χ4v) is 6.53. The highest BCUT2D eigenvalue weighted by atomic mass is 35.5. The Morgan fingerprint density at radius 3 is 2.64 bits per heavy atom. The minimum absolute atomic E-state index is 0.176. The second-order valence-corrected chi connectivity index (χ2v) is 12.0. The van der Waals surface area contributed by atoms with Crippen molar-refractivity contribution in [1.82, 2.24) is 28.3 Å². The number of likely N-dealkylation sites (N-methyl/N-ethyl adjacent to an activating group) is 1. The van der Waals surface area contributed by atoms with Gasteiger partial charge in [-0.05, 0) is 49.3 Å². The lowest BCUT2D eigenvalue weighted by molar-refractivity contribution is 0.137. The number of fused-ring (bicyclic) bond motifs is 1. The van der Waals surface area contributed by atoms with E-state index in [-0.39, 0.29) is 5.13 Å². The number of nitrogens with one attached hydrogen (secondary N) is 3. The van der Waals surface area contributed by atoms with Crippen molar-refractivity contribution in [2.45, 2.75) is 19.9 Å². The molecule has 208 valence electrons. The first-order valence-electron chi connectivity index (χ1n) is 12.9. The van der Waals surface area contributed by atoms with Crippen LogP contribution in [0, 0.1) is 0 Å². The Morgan fingerprint density at radius 1 is 1.05 bits per heavy atom. The van der Waals surface area contributed by atoms with E-state index in [1.807, 2.05) is 24.3 Å². The molecule has 0 bridgehead atoms. The Balaban J connectivity index is 1.22. The van der Waals surface area contributed by atoms with E-state index in [4.69, 9.17) is 11.6 Å². The molecule has 1 aliphatic heterocycles. The molecule has 1 saturated heterocycles. The average molecular weight is 590 g/mol. The molecule has 11 nitrogen and oxygen atoms in total. The lowest BCUT2D eigenvalue weighted by atomic mass is 10.1. The summed E-state index contributed by atoms with van der Waals surface area (Å²) in [5.74, 6) is 0. The zero-order valence-corrected chi connectivity index (χ0v) is 24.1. The van der Waals surface area contributed by atoms with Gasteiger partial charge in [-0.3, -0.25) is 0 Å². The molecule has 14 heteroatoms. The lowest BCUT2D eigenvalue weighted by Gasteiger charge is -2.34. The van der Waals surface area contributed by atoms with Gasteiger partial charge in [-0.1, -0.05) is 30.7 Å². The van der Waals surface area contributed by atoms with Crippen LogP contribution in [0.2, 0.25) is 5.02 Å². The molecule has 39 heavy (non-hydrogen) atoms. The maximum absolute atomic E-state index is 12.9. The van der Waals surface area contributed by atoms with E-state index in [9.17, 15) is 8.42 Å². The van der Waals surface area contributed by atoms with Crippen LogP contribution >= 0.6 is 23.1 Å². The fourth-order valence-electron chi connectivity index (χ4n) is 4.66. The van der Waals surface area contributed by atoms with Gasteiger partial charge in [-0.15, -0.1) is 4.09 Å². The Labute approximate surface area is 237 Å². The van der Waals surface area contributed by atoms with Crippen molar-refractivity contribution >= 4 is 60.8 Å². The third kappa shape index (κ3) is 6.79. The van der Waals surface area contributed by atoms with Crippen LogP contribution < -0.4 is 15.4 Å². The topological polar surface area (TPSA) is 120 Å². The second kappa shape index (κ2) is 12.5. The summed E-state index contributed by atoms with van der Waals surface area (Å²) in [6.45, 7) is 10.3. The van der Waals surface area contributed by atoms with E-state index in [1.54, 1.807) is 18.3 Å². The van der Waals surface area contributed by atoms with E-state index in [1.165, 1.54) is 6.33 Å². The molecular weight excluding hydrogens is 558 g/mol. The molecule has 0 spiro atoms. The first-order chi connectivity index (χ1) is 18.9. The number of aromatic nitrogens is 4. The monoisotopic (exact) mass is 589 g/mol. The molecule has 0 unspecified atom stereocenters. The minimum atomic E-state index is -3.98.